The van der Waals surface area contributed by atoms with E-state index in [0.717, 1.165) is 43.5 Å². The lowest BCUT2D eigenvalue weighted by atomic mass is 10.0. The highest BCUT2D eigenvalue weighted by Crippen LogP contribution is 2.45. The van der Waals surface area contributed by atoms with Crippen LogP contribution in [0.15, 0.2) is 18.2 Å². The van der Waals surface area contributed by atoms with E-state index >= 15 is 0 Å². The summed E-state index contributed by atoms with van der Waals surface area (Å²) < 4.78 is 0. The van der Waals surface area contributed by atoms with Crippen LogP contribution in [0.4, 0.5) is 0 Å². The van der Waals surface area contributed by atoms with E-state index in [2.05, 4.69) is 16.3 Å². The number of nitrogens with two attached hydrogens (primary N) is 1. The molecule has 3 N–H and O–H groups in total. The molecule has 2 saturated heterocycles. The van der Waals surface area contributed by atoms with Crippen LogP contribution in [-0.2, 0) is 22.7 Å². The Balaban J connectivity index is 1.32. The second-order valence-corrected chi connectivity index (χ2v) is 8.42. The second-order valence-electron chi connectivity index (χ2n) is 8.42. The first-order chi connectivity index (χ1) is 12.9. The molecule has 3 unspecified atom stereocenters. The first kappa shape index (κ1) is 16.9. The van der Waals surface area contributed by atoms with Gasteiger partial charge in [-0.3, -0.25) is 24.6 Å². The molecule has 0 spiro atoms. The summed E-state index contributed by atoms with van der Waals surface area (Å²) in [6, 6.07) is 5.96. The van der Waals surface area contributed by atoms with Crippen LogP contribution >= 0.6 is 0 Å². The number of carbonyl (C=O) groups excluding carboxylic acids is 3. The second kappa shape index (κ2) is 5.87. The first-order valence-corrected chi connectivity index (χ1v) is 9.74. The first-order valence-electron chi connectivity index (χ1n) is 9.74. The Hall–Kier alpha value is -2.25. The quantitative estimate of drug-likeness (QED) is 0.758. The van der Waals surface area contributed by atoms with E-state index in [0.29, 0.717) is 24.6 Å². The molecule has 3 amide bonds. The average Bonchev–Trinajstić information content (AvgIpc) is 3.24. The van der Waals surface area contributed by atoms with Crippen molar-refractivity contribution in [2.24, 2.45) is 5.73 Å². The van der Waals surface area contributed by atoms with Crippen LogP contribution in [0.2, 0.25) is 0 Å². The summed E-state index contributed by atoms with van der Waals surface area (Å²) >= 11 is 0. The largest absolute Gasteiger partial charge is 0.324 e. The Morgan fingerprint density at radius 1 is 1.26 bits per heavy atom. The fraction of sp³-hybridized carbons (Fsp3) is 0.550. The highest BCUT2D eigenvalue weighted by atomic mass is 16.2. The SMILES string of the molecule is NC12CCCN(Cc3ccc4c(c3)C(=O)N(C3CCC(=O)NC3=O)C4)C1C2. The standard InChI is InChI=1S/C20H24N4O3/c21-20-6-1-7-23(16(20)9-20)10-12-2-3-13-11-24(19(27)14(13)8-12)15-4-5-17(25)22-18(15)26/h2-3,8,15-16H,1,4-7,9-11,21H2,(H,22,25,26). The Kier molecular flexibility index (Phi) is 3.67. The van der Waals surface area contributed by atoms with Crippen LogP contribution in [-0.4, -0.2) is 51.7 Å². The van der Waals surface area contributed by atoms with Gasteiger partial charge in [0.25, 0.3) is 5.91 Å². The minimum absolute atomic E-state index is 0.00732. The molecule has 0 aromatic heterocycles. The molecule has 5 rings (SSSR count). The minimum atomic E-state index is -0.558. The van der Waals surface area contributed by atoms with Gasteiger partial charge in [0.2, 0.25) is 11.8 Å². The van der Waals surface area contributed by atoms with Gasteiger partial charge in [-0.25, -0.2) is 0 Å². The maximum atomic E-state index is 12.9. The maximum absolute atomic E-state index is 12.9. The molecule has 27 heavy (non-hydrogen) atoms. The van der Waals surface area contributed by atoms with E-state index in [1.165, 1.54) is 0 Å². The van der Waals surface area contributed by atoms with Gasteiger partial charge in [0.05, 0.1) is 0 Å². The van der Waals surface area contributed by atoms with Gasteiger partial charge in [-0.05, 0) is 49.4 Å². The summed E-state index contributed by atoms with van der Waals surface area (Å²) in [5.74, 6) is -0.742. The lowest BCUT2D eigenvalue weighted by Gasteiger charge is -2.30. The fourth-order valence-corrected chi connectivity index (χ4v) is 4.95. The maximum Gasteiger partial charge on any atom is 0.255 e. The average molecular weight is 368 g/mol. The monoisotopic (exact) mass is 368 g/mol. The van der Waals surface area contributed by atoms with Crippen molar-refractivity contribution in [1.29, 1.82) is 0 Å². The predicted octanol–water partition coefficient (Wildman–Crippen LogP) is 0.513. The number of hydrogen-bond acceptors (Lipinski definition) is 5. The van der Waals surface area contributed by atoms with Crippen LogP contribution < -0.4 is 11.1 Å². The smallest absolute Gasteiger partial charge is 0.255 e. The van der Waals surface area contributed by atoms with Crippen molar-refractivity contribution in [1.82, 2.24) is 15.1 Å². The zero-order valence-electron chi connectivity index (χ0n) is 15.2. The molecule has 7 nitrogen and oxygen atoms in total. The van der Waals surface area contributed by atoms with Crippen LogP contribution in [0.3, 0.4) is 0 Å². The summed E-state index contributed by atoms with van der Waals surface area (Å²) in [6.45, 7) is 2.29. The lowest BCUT2D eigenvalue weighted by Crippen LogP contribution is -2.52. The van der Waals surface area contributed by atoms with Gasteiger partial charge in [-0.2, -0.15) is 0 Å². The third-order valence-electron chi connectivity index (χ3n) is 6.58. The highest BCUT2D eigenvalue weighted by Gasteiger charge is 2.55. The Bertz CT molecular complexity index is 854. The van der Waals surface area contributed by atoms with Gasteiger partial charge in [-0.1, -0.05) is 12.1 Å². The number of piperidine rings is 2. The van der Waals surface area contributed by atoms with Crippen molar-refractivity contribution in [2.45, 2.75) is 62.8 Å². The minimum Gasteiger partial charge on any atom is -0.324 e. The van der Waals surface area contributed by atoms with Gasteiger partial charge in [0, 0.05) is 36.7 Å². The van der Waals surface area contributed by atoms with Crippen LogP contribution in [0.1, 0.15) is 53.6 Å². The molecule has 3 fully saturated rings. The third kappa shape index (κ3) is 2.76. The van der Waals surface area contributed by atoms with Crippen molar-refractivity contribution in [3.63, 3.8) is 0 Å². The summed E-state index contributed by atoms with van der Waals surface area (Å²) in [5, 5.41) is 2.34. The molecule has 1 saturated carbocycles. The van der Waals surface area contributed by atoms with Crippen molar-refractivity contribution in [3.05, 3.63) is 34.9 Å². The number of hydrogen-bond donors (Lipinski definition) is 2. The van der Waals surface area contributed by atoms with Gasteiger partial charge in [0.15, 0.2) is 0 Å². The van der Waals surface area contributed by atoms with Crippen LogP contribution in [0.25, 0.3) is 0 Å². The number of rotatable bonds is 3. The summed E-state index contributed by atoms with van der Waals surface area (Å²) in [6.07, 6.45) is 3.97. The van der Waals surface area contributed by atoms with E-state index in [1.54, 1.807) is 4.90 Å². The molecule has 3 heterocycles. The number of likely N-dealkylation sites (tertiary alicyclic amines) is 1. The topological polar surface area (TPSA) is 95.7 Å². The van der Waals surface area contributed by atoms with Crippen LogP contribution in [0, 0.1) is 0 Å². The number of amides is 3. The van der Waals surface area contributed by atoms with Gasteiger partial charge in [-0.15, -0.1) is 0 Å². The zero-order chi connectivity index (χ0) is 18.8. The van der Waals surface area contributed by atoms with Gasteiger partial charge >= 0.3 is 0 Å². The number of imide groups is 1. The van der Waals surface area contributed by atoms with E-state index in [4.69, 9.17) is 5.73 Å². The molecule has 1 aromatic carbocycles. The van der Waals surface area contributed by atoms with E-state index in [-0.39, 0.29) is 29.7 Å². The highest BCUT2D eigenvalue weighted by molar-refractivity contribution is 6.05. The molecule has 7 heteroatoms. The molecule has 1 aromatic rings. The summed E-state index contributed by atoms with van der Waals surface area (Å²) in [5.41, 5.74) is 9.12. The Morgan fingerprint density at radius 2 is 2.11 bits per heavy atom. The molecule has 0 bridgehead atoms. The number of benzene rings is 1. The Morgan fingerprint density at radius 3 is 2.93 bits per heavy atom. The van der Waals surface area contributed by atoms with Crippen molar-refractivity contribution < 1.29 is 14.4 Å². The summed E-state index contributed by atoms with van der Waals surface area (Å²) in [4.78, 5) is 40.5. The lowest BCUT2D eigenvalue weighted by molar-refractivity contribution is -0.136. The van der Waals surface area contributed by atoms with E-state index in [1.807, 2.05) is 12.1 Å². The normalized spacial score (nSPS) is 32.9. The molecular weight excluding hydrogens is 344 g/mol. The molecule has 4 aliphatic rings. The van der Waals surface area contributed by atoms with E-state index < -0.39 is 6.04 Å². The molecule has 0 radical (unpaired) electrons. The number of nitrogens with one attached hydrogen (secondary N) is 1. The van der Waals surface area contributed by atoms with Crippen LogP contribution in [0.5, 0.6) is 0 Å². The fourth-order valence-electron chi connectivity index (χ4n) is 4.95. The third-order valence-corrected chi connectivity index (χ3v) is 6.58. The van der Waals surface area contributed by atoms with Crippen molar-refractivity contribution >= 4 is 17.7 Å². The zero-order valence-corrected chi connectivity index (χ0v) is 15.2. The summed E-state index contributed by atoms with van der Waals surface area (Å²) in [7, 11) is 0. The molecule has 3 aliphatic heterocycles. The molecule has 1 aliphatic carbocycles. The van der Waals surface area contributed by atoms with Gasteiger partial charge < -0.3 is 10.6 Å². The Labute approximate surface area is 157 Å². The predicted molar refractivity (Wildman–Crippen MR) is 97.5 cm³/mol. The number of nitrogens with zero attached hydrogens (tertiary/aromatic N) is 2. The number of fused-ring (bicyclic) bond motifs is 2. The molecular formula is C20H24N4O3. The van der Waals surface area contributed by atoms with E-state index in [9.17, 15) is 14.4 Å². The molecule has 142 valence electrons. The molecule has 3 atom stereocenters. The number of carbonyl (C=O) groups is 3. The van der Waals surface area contributed by atoms with Crippen molar-refractivity contribution in [3.8, 4) is 0 Å². The van der Waals surface area contributed by atoms with Crippen molar-refractivity contribution in [2.75, 3.05) is 6.54 Å². The van der Waals surface area contributed by atoms with Gasteiger partial charge in [0.1, 0.15) is 6.04 Å².